The van der Waals surface area contributed by atoms with Gasteiger partial charge in [0.05, 0.1) is 6.61 Å². The van der Waals surface area contributed by atoms with Crippen LogP contribution in [0.4, 0.5) is 0 Å². The minimum atomic E-state index is 0.577. The molecule has 0 atom stereocenters. The highest BCUT2D eigenvalue weighted by atomic mass is 32.1. The van der Waals surface area contributed by atoms with Crippen molar-refractivity contribution in [2.45, 2.75) is 13.8 Å². The SMILES string of the molecule is CCOC(=S)c1ccccc1.Cc1ccccc1. The van der Waals surface area contributed by atoms with Crippen molar-refractivity contribution in [1.29, 1.82) is 0 Å². The first kappa shape index (κ1) is 14.4. The molecule has 2 aromatic carbocycles. The lowest BCUT2D eigenvalue weighted by atomic mass is 10.2. The van der Waals surface area contributed by atoms with Gasteiger partial charge < -0.3 is 4.74 Å². The molecule has 18 heavy (non-hydrogen) atoms. The van der Waals surface area contributed by atoms with E-state index < -0.39 is 0 Å². The summed E-state index contributed by atoms with van der Waals surface area (Å²) < 4.78 is 5.16. The van der Waals surface area contributed by atoms with Crippen LogP contribution in [0.25, 0.3) is 0 Å². The summed E-state index contributed by atoms with van der Waals surface area (Å²) >= 11 is 5.00. The van der Waals surface area contributed by atoms with Crippen molar-refractivity contribution in [3.8, 4) is 0 Å². The quantitative estimate of drug-likeness (QED) is 0.739. The van der Waals surface area contributed by atoms with E-state index in [1.807, 2.05) is 55.5 Å². The van der Waals surface area contributed by atoms with E-state index in [1.54, 1.807) is 0 Å². The fourth-order valence-electron chi connectivity index (χ4n) is 1.32. The molecule has 2 heteroatoms. The molecule has 1 nitrogen and oxygen atoms in total. The molecular weight excluding hydrogens is 240 g/mol. The number of benzene rings is 2. The molecule has 0 fully saturated rings. The molecule has 0 amide bonds. The maximum atomic E-state index is 5.16. The van der Waals surface area contributed by atoms with Gasteiger partial charge in [-0.1, -0.05) is 66.2 Å². The molecular formula is C16H18OS. The van der Waals surface area contributed by atoms with Gasteiger partial charge in [0.1, 0.15) is 0 Å². The lowest BCUT2D eigenvalue weighted by Crippen LogP contribution is -2.01. The third kappa shape index (κ3) is 5.60. The van der Waals surface area contributed by atoms with E-state index in [2.05, 4.69) is 19.1 Å². The minimum absolute atomic E-state index is 0.577. The molecule has 0 aliphatic heterocycles. The first-order chi connectivity index (χ1) is 8.74. The lowest BCUT2D eigenvalue weighted by molar-refractivity contribution is 0.337. The van der Waals surface area contributed by atoms with E-state index in [-0.39, 0.29) is 0 Å². The van der Waals surface area contributed by atoms with Gasteiger partial charge in [-0.3, -0.25) is 0 Å². The summed E-state index contributed by atoms with van der Waals surface area (Å²) in [5.74, 6) is 0. The Kier molecular flexibility index (Phi) is 6.74. The largest absolute Gasteiger partial charge is 0.483 e. The monoisotopic (exact) mass is 258 g/mol. The average Bonchev–Trinajstić information content (AvgIpc) is 2.42. The van der Waals surface area contributed by atoms with Crippen molar-refractivity contribution in [2.75, 3.05) is 6.61 Å². The van der Waals surface area contributed by atoms with E-state index in [0.29, 0.717) is 11.7 Å². The first-order valence-electron chi connectivity index (χ1n) is 5.98. The fraction of sp³-hybridized carbons (Fsp3) is 0.188. The summed E-state index contributed by atoms with van der Waals surface area (Å²) in [7, 11) is 0. The molecule has 0 N–H and O–H groups in total. The van der Waals surface area contributed by atoms with Crippen LogP contribution in [-0.4, -0.2) is 11.7 Å². The van der Waals surface area contributed by atoms with Crippen molar-refractivity contribution in [1.82, 2.24) is 0 Å². The van der Waals surface area contributed by atoms with Gasteiger partial charge in [0, 0.05) is 5.56 Å². The van der Waals surface area contributed by atoms with Crippen molar-refractivity contribution < 1.29 is 4.74 Å². The Morgan fingerprint density at radius 1 is 0.944 bits per heavy atom. The zero-order valence-electron chi connectivity index (χ0n) is 10.8. The molecule has 0 radical (unpaired) electrons. The zero-order chi connectivity index (χ0) is 13.2. The Morgan fingerprint density at radius 2 is 1.44 bits per heavy atom. The molecule has 0 aromatic heterocycles. The van der Waals surface area contributed by atoms with Crippen molar-refractivity contribution in [3.05, 3.63) is 71.8 Å². The second kappa shape index (κ2) is 8.43. The van der Waals surface area contributed by atoms with Crippen LogP contribution in [0.1, 0.15) is 18.1 Å². The standard InChI is InChI=1S/C9H10OS.C7H8/c1-2-10-9(11)8-6-4-3-5-7-8;1-7-5-3-2-4-6-7/h3-7H,2H2,1H3;2-6H,1H3. The van der Waals surface area contributed by atoms with Crippen LogP contribution < -0.4 is 0 Å². The van der Waals surface area contributed by atoms with Crippen LogP contribution in [-0.2, 0) is 4.74 Å². The second-order valence-corrected chi connectivity index (χ2v) is 4.11. The Labute approximate surface area is 114 Å². The van der Waals surface area contributed by atoms with E-state index in [1.165, 1.54) is 5.56 Å². The van der Waals surface area contributed by atoms with E-state index in [4.69, 9.17) is 17.0 Å². The fourth-order valence-corrected chi connectivity index (χ4v) is 1.58. The third-order valence-corrected chi connectivity index (χ3v) is 2.58. The number of hydrogen-bond acceptors (Lipinski definition) is 2. The van der Waals surface area contributed by atoms with Gasteiger partial charge in [0.15, 0.2) is 5.05 Å². The summed E-state index contributed by atoms with van der Waals surface area (Å²) in [5.41, 5.74) is 2.30. The molecule has 0 saturated heterocycles. The smallest absolute Gasteiger partial charge is 0.191 e. The van der Waals surface area contributed by atoms with Crippen LogP contribution in [0.15, 0.2) is 60.7 Å². The topological polar surface area (TPSA) is 9.23 Å². The number of ether oxygens (including phenoxy) is 1. The Morgan fingerprint density at radius 3 is 1.83 bits per heavy atom. The highest BCUT2D eigenvalue weighted by Gasteiger charge is 1.97. The van der Waals surface area contributed by atoms with E-state index in [9.17, 15) is 0 Å². The Bertz CT molecular complexity index is 451. The third-order valence-electron chi connectivity index (χ3n) is 2.23. The molecule has 0 aliphatic carbocycles. The van der Waals surface area contributed by atoms with Crippen LogP contribution in [0, 0.1) is 6.92 Å². The Hall–Kier alpha value is -1.67. The number of thiocarbonyl (C=S) groups is 1. The highest BCUT2D eigenvalue weighted by molar-refractivity contribution is 7.80. The van der Waals surface area contributed by atoms with Crippen molar-refractivity contribution in [3.63, 3.8) is 0 Å². The average molecular weight is 258 g/mol. The van der Waals surface area contributed by atoms with E-state index >= 15 is 0 Å². The summed E-state index contributed by atoms with van der Waals surface area (Å²) in [6.07, 6.45) is 0. The number of rotatable bonds is 2. The van der Waals surface area contributed by atoms with Gasteiger partial charge in [0.25, 0.3) is 0 Å². The minimum Gasteiger partial charge on any atom is -0.483 e. The summed E-state index contributed by atoms with van der Waals surface area (Å²) in [6.45, 7) is 4.64. The predicted octanol–water partition coefficient (Wildman–Crippen LogP) is 4.39. The number of aryl methyl sites for hydroxylation is 1. The summed E-state index contributed by atoms with van der Waals surface area (Å²) in [5, 5.41) is 0.577. The molecule has 2 rings (SSSR count). The van der Waals surface area contributed by atoms with Crippen molar-refractivity contribution in [2.24, 2.45) is 0 Å². The number of hydrogen-bond donors (Lipinski definition) is 0. The molecule has 2 aromatic rings. The van der Waals surface area contributed by atoms with Gasteiger partial charge in [-0.15, -0.1) is 0 Å². The molecule has 0 saturated carbocycles. The van der Waals surface area contributed by atoms with Crippen molar-refractivity contribution >= 4 is 17.3 Å². The second-order valence-electron chi connectivity index (χ2n) is 3.74. The molecule has 94 valence electrons. The van der Waals surface area contributed by atoms with Crippen LogP contribution >= 0.6 is 12.2 Å². The highest BCUT2D eigenvalue weighted by Crippen LogP contribution is 2.01. The molecule has 0 unspecified atom stereocenters. The zero-order valence-corrected chi connectivity index (χ0v) is 11.6. The summed E-state index contributed by atoms with van der Waals surface area (Å²) in [4.78, 5) is 0. The van der Waals surface area contributed by atoms with Crippen LogP contribution in [0.3, 0.4) is 0 Å². The first-order valence-corrected chi connectivity index (χ1v) is 6.38. The van der Waals surface area contributed by atoms with Gasteiger partial charge >= 0.3 is 0 Å². The maximum Gasteiger partial charge on any atom is 0.191 e. The normalized spacial score (nSPS) is 9.00. The molecule has 0 aliphatic rings. The molecule has 0 spiro atoms. The molecule has 0 heterocycles. The van der Waals surface area contributed by atoms with Crippen LogP contribution in [0.2, 0.25) is 0 Å². The molecule has 0 bridgehead atoms. The van der Waals surface area contributed by atoms with Gasteiger partial charge in [-0.2, -0.15) is 0 Å². The summed E-state index contributed by atoms with van der Waals surface area (Å²) in [6, 6.07) is 20.0. The van der Waals surface area contributed by atoms with Crippen LogP contribution in [0.5, 0.6) is 0 Å². The van der Waals surface area contributed by atoms with Gasteiger partial charge in [0.2, 0.25) is 0 Å². The van der Waals surface area contributed by atoms with Gasteiger partial charge in [-0.25, -0.2) is 0 Å². The Balaban J connectivity index is 0.000000199. The van der Waals surface area contributed by atoms with E-state index in [0.717, 1.165) is 5.56 Å². The lowest BCUT2D eigenvalue weighted by Gasteiger charge is -2.02. The maximum absolute atomic E-state index is 5.16. The van der Waals surface area contributed by atoms with Gasteiger partial charge in [-0.05, 0) is 26.1 Å². The predicted molar refractivity (Wildman–Crippen MR) is 80.9 cm³/mol.